The summed E-state index contributed by atoms with van der Waals surface area (Å²) in [7, 11) is 3.39. The van der Waals surface area contributed by atoms with E-state index < -0.39 is 0 Å². The van der Waals surface area contributed by atoms with Crippen molar-refractivity contribution < 1.29 is 9.47 Å². The largest absolute Gasteiger partial charge is 0.497 e. The van der Waals surface area contributed by atoms with Crippen LogP contribution in [0, 0.1) is 0 Å². The molecule has 0 saturated carbocycles. The van der Waals surface area contributed by atoms with Crippen molar-refractivity contribution in [3.63, 3.8) is 0 Å². The topological polar surface area (TPSA) is 37.8 Å². The first-order chi connectivity index (χ1) is 12.3. The van der Waals surface area contributed by atoms with Crippen molar-refractivity contribution in [2.24, 2.45) is 0 Å². The number of nitrogens with zero attached hydrogens (tertiary/aromatic N) is 3. The number of aromatic nitrogens is 1. The Bertz CT molecular complexity index is 855. The third-order valence-electron chi connectivity index (χ3n) is 4.57. The predicted octanol–water partition coefficient (Wildman–Crippen LogP) is 3.64. The molecule has 25 heavy (non-hydrogen) atoms. The Morgan fingerprint density at radius 2 is 1.48 bits per heavy atom. The Morgan fingerprint density at radius 1 is 0.840 bits per heavy atom. The maximum atomic E-state index is 5.31. The monoisotopic (exact) mass is 355 g/mol. The van der Waals surface area contributed by atoms with E-state index in [1.807, 2.05) is 24.3 Å². The van der Waals surface area contributed by atoms with Gasteiger partial charge in [0, 0.05) is 31.9 Å². The molecule has 0 spiro atoms. The van der Waals surface area contributed by atoms with E-state index in [4.69, 9.17) is 14.5 Å². The molecule has 1 aromatic heterocycles. The Labute approximate surface area is 151 Å². The van der Waals surface area contributed by atoms with Gasteiger partial charge in [0.05, 0.1) is 24.4 Å². The normalized spacial score (nSPS) is 14.8. The van der Waals surface area contributed by atoms with Gasteiger partial charge in [-0.25, -0.2) is 4.98 Å². The van der Waals surface area contributed by atoms with Crippen LogP contribution in [0.5, 0.6) is 11.5 Å². The third-order valence-corrected chi connectivity index (χ3v) is 5.65. The highest BCUT2D eigenvalue weighted by Gasteiger charge is 2.20. The fourth-order valence-electron chi connectivity index (χ4n) is 3.10. The first-order valence-corrected chi connectivity index (χ1v) is 9.17. The van der Waals surface area contributed by atoms with E-state index in [1.165, 1.54) is 10.4 Å². The summed E-state index contributed by atoms with van der Waals surface area (Å²) in [5, 5.41) is 1.10. The van der Waals surface area contributed by atoms with Crippen LogP contribution in [0.15, 0.2) is 42.5 Å². The zero-order chi connectivity index (χ0) is 17.2. The number of fused-ring (bicyclic) bond motifs is 1. The molecule has 1 aliphatic rings. The number of benzene rings is 2. The van der Waals surface area contributed by atoms with Gasteiger partial charge in [0.2, 0.25) is 0 Å². The van der Waals surface area contributed by atoms with Crippen molar-refractivity contribution in [3.8, 4) is 11.5 Å². The Balaban J connectivity index is 1.45. The van der Waals surface area contributed by atoms with E-state index in [0.29, 0.717) is 0 Å². The molecule has 0 aliphatic carbocycles. The van der Waals surface area contributed by atoms with Gasteiger partial charge in [0.25, 0.3) is 0 Å². The number of ether oxygens (including phenoxy) is 2. The van der Waals surface area contributed by atoms with Gasteiger partial charge in [-0.15, -0.1) is 0 Å². The first kappa shape index (κ1) is 16.0. The molecule has 2 heterocycles. The zero-order valence-corrected chi connectivity index (χ0v) is 15.3. The van der Waals surface area contributed by atoms with Gasteiger partial charge >= 0.3 is 0 Å². The molecule has 0 N–H and O–H groups in total. The molecule has 6 heteroatoms. The Kier molecular flexibility index (Phi) is 4.36. The van der Waals surface area contributed by atoms with Crippen LogP contribution >= 0.6 is 11.3 Å². The van der Waals surface area contributed by atoms with Crippen molar-refractivity contribution in [2.75, 3.05) is 50.2 Å². The van der Waals surface area contributed by atoms with Gasteiger partial charge in [-0.1, -0.05) is 11.3 Å². The third kappa shape index (κ3) is 3.22. The van der Waals surface area contributed by atoms with Crippen LogP contribution < -0.4 is 19.3 Å². The van der Waals surface area contributed by atoms with Gasteiger partial charge in [-0.2, -0.15) is 0 Å². The second-order valence-electron chi connectivity index (χ2n) is 6.00. The molecular formula is C19H21N3O2S. The molecule has 0 bridgehead atoms. The van der Waals surface area contributed by atoms with Crippen LogP contribution in [-0.4, -0.2) is 45.4 Å². The molecule has 1 aliphatic heterocycles. The number of thiazole rings is 1. The molecule has 0 atom stereocenters. The minimum Gasteiger partial charge on any atom is -0.497 e. The number of methoxy groups -OCH3 is 2. The van der Waals surface area contributed by atoms with Crippen LogP contribution in [-0.2, 0) is 0 Å². The van der Waals surface area contributed by atoms with E-state index in [-0.39, 0.29) is 0 Å². The average Bonchev–Trinajstić information content (AvgIpc) is 3.11. The van der Waals surface area contributed by atoms with Crippen LogP contribution in [0.2, 0.25) is 0 Å². The summed E-state index contributed by atoms with van der Waals surface area (Å²) in [4.78, 5) is 9.57. The van der Waals surface area contributed by atoms with Crippen LogP contribution in [0.3, 0.4) is 0 Å². The summed E-state index contributed by atoms with van der Waals surface area (Å²) >= 11 is 1.74. The van der Waals surface area contributed by atoms with E-state index in [1.54, 1.807) is 25.6 Å². The minimum atomic E-state index is 0.882. The van der Waals surface area contributed by atoms with Gasteiger partial charge in [-0.05, 0) is 42.5 Å². The summed E-state index contributed by atoms with van der Waals surface area (Å²) in [5.41, 5.74) is 2.29. The van der Waals surface area contributed by atoms with Crippen LogP contribution in [0.4, 0.5) is 10.8 Å². The lowest BCUT2D eigenvalue weighted by Crippen LogP contribution is -2.46. The van der Waals surface area contributed by atoms with E-state index in [9.17, 15) is 0 Å². The standard InChI is InChI=1S/C19H21N3O2S/c1-23-15-5-3-14(4-6-15)21-9-11-22(12-10-21)19-20-17-8-7-16(24-2)13-18(17)25-19/h3-8,13H,9-12H2,1-2H3. The molecule has 0 unspecified atom stereocenters. The predicted molar refractivity (Wildman–Crippen MR) is 104 cm³/mol. The lowest BCUT2D eigenvalue weighted by Gasteiger charge is -2.36. The first-order valence-electron chi connectivity index (χ1n) is 8.35. The molecule has 3 aromatic rings. The summed E-state index contributed by atoms with van der Waals surface area (Å²) in [6, 6.07) is 14.3. The van der Waals surface area contributed by atoms with Gasteiger partial charge < -0.3 is 19.3 Å². The van der Waals surface area contributed by atoms with Crippen molar-refractivity contribution in [2.45, 2.75) is 0 Å². The number of anilines is 2. The van der Waals surface area contributed by atoms with Crippen LogP contribution in [0.25, 0.3) is 10.2 Å². The van der Waals surface area contributed by atoms with Crippen molar-refractivity contribution >= 4 is 32.4 Å². The number of rotatable bonds is 4. The maximum absolute atomic E-state index is 5.31. The second kappa shape index (κ2) is 6.80. The van der Waals surface area contributed by atoms with Crippen molar-refractivity contribution in [1.29, 1.82) is 0 Å². The Morgan fingerprint density at radius 3 is 2.16 bits per heavy atom. The Hall–Kier alpha value is -2.47. The van der Waals surface area contributed by atoms with Gasteiger partial charge in [0.1, 0.15) is 11.5 Å². The number of hydrogen-bond acceptors (Lipinski definition) is 6. The molecule has 1 fully saturated rings. The summed E-state index contributed by atoms with van der Waals surface area (Å²) in [6.45, 7) is 3.93. The highest BCUT2D eigenvalue weighted by Crippen LogP contribution is 2.32. The molecule has 2 aromatic carbocycles. The molecular weight excluding hydrogens is 334 g/mol. The molecule has 4 rings (SSSR count). The number of piperazine rings is 1. The molecule has 5 nitrogen and oxygen atoms in total. The fourth-order valence-corrected chi connectivity index (χ4v) is 4.15. The SMILES string of the molecule is COc1ccc(N2CCN(c3nc4ccc(OC)cc4s3)CC2)cc1. The lowest BCUT2D eigenvalue weighted by molar-refractivity contribution is 0.415. The quantitative estimate of drug-likeness (QED) is 0.714. The van der Waals surface area contributed by atoms with Crippen molar-refractivity contribution in [1.82, 2.24) is 4.98 Å². The van der Waals surface area contributed by atoms with Crippen LogP contribution in [0.1, 0.15) is 0 Å². The van der Waals surface area contributed by atoms with E-state index in [2.05, 4.69) is 28.0 Å². The smallest absolute Gasteiger partial charge is 0.186 e. The summed E-state index contributed by atoms with van der Waals surface area (Å²) < 4.78 is 11.7. The molecule has 130 valence electrons. The minimum absolute atomic E-state index is 0.882. The van der Waals surface area contributed by atoms with Crippen molar-refractivity contribution in [3.05, 3.63) is 42.5 Å². The van der Waals surface area contributed by atoms with E-state index >= 15 is 0 Å². The highest BCUT2D eigenvalue weighted by atomic mass is 32.1. The van der Waals surface area contributed by atoms with Gasteiger partial charge in [-0.3, -0.25) is 0 Å². The summed E-state index contributed by atoms with van der Waals surface area (Å²) in [5.74, 6) is 1.78. The highest BCUT2D eigenvalue weighted by molar-refractivity contribution is 7.22. The average molecular weight is 355 g/mol. The lowest BCUT2D eigenvalue weighted by atomic mass is 10.2. The van der Waals surface area contributed by atoms with Gasteiger partial charge in [0.15, 0.2) is 5.13 Å². The number of hydrogen-bond donors (Lipinski definition) is 0. The molecule has 0 amide bonds. The second-order valence-corrected chi connectivity index (χ2v) is 7.01. The maximum Gasteiger partial charge on any atom is 0.186 e. The van der Waals surface area contributed by atoms with E-state index in [0.717, 1.165) is 48.3 Å². The zero-order valence-electron chi connectivity index (χ0n) is 14.4. The molecule has 0 radical (unpaired) electrons. The summed E-state index contributed by atoms with van der Waals surface area (Å²) in [6.07, 6.45) is 0. The fraction of sp³-hybridized carbons (Fsp3) is 0.316. The molecule has 1 saturated heterocycles.